The van der Waals surface area contributed by atoms with E-state index in [0.29, 0.717) is 13.1 Å². The molecule has 8 nitrogen and oxygen atoms in total. The van der Waals surface area contributed by atoms with Gasteiger partial charge in [-0.25, -0.2) is 9.59 Å². The molecule has 0 aliphatic carbocycles. The minimum Gasteiger partial charge on any atom is -0.444 e. The summed E-state index contributed by atoms with van der Waals surface area (Å²) in [7, 11) is 0. The van der Waals surface area contributed by atoms with Gasteiger partial charge in [0.15, 0.2) is 0 Å². The van der Waals surface area contributed by atoms with Gasteiger partial charge in [0.1, 0.15) is 5.60 Å². The van der Waals surface area contributed by atoms with Crippen LogP contribution >= 0.6 is 0 Å². The molecule has 2 rings (SSSR count). The number of hydrogen-bond donors (Lipinski definition) is 0. The van der Waals surface area contributed by atoms with Gasteiger partial charge in [0.05, 0.1) is 24.2 Å². The van der Waals surface area contributed by atoms with Crippen LogP contribution in [0.25, 0.3) is 0 Å². The average molecular weight is 333 g/mol. The lowest BCUT2D eigenvalue weighted by molar-refractivity contribution is 0.00932. The quantitative estimate of drug-likeness (QED) is 0.784. The fraction of sp³-hybridized carbons (Fsp3) is 0.625. The van der Waals surface area contributed by atoms with E-state index in [2.05, 4.69) is 11.2 Å². The third-order valence-electron chi connectivity index (χ3n) is 3.63. The molecule has 1 aliphatic rings. The Morgan fingerprint density at radius 3 is 2.67 bits per heavy atom. The molecule has 1 unspecified atom stereocenters. The number of piperazine rings is 1. The van der Waals surface area contributed by atoms with Gasteiger partial charge in [-0.05, 0) is 33.8 Å². The molecule has 0 saturated carbocycles. The highest BCUT2D eigenvalue weighted by Gasteiger charge is 2.35. The zero-order chi connectivity index (χ0) is 17.9. The molecule has 2 heterocycles. The van der Waals surface area contributed by atoms with Crippen LogP contribution in [0, 0.1) is 18.3 Å². The Labute approximate surface area is 141 Å². The normalized spacial score (nSPS) is 18.2. The lowest BCUT2D eigenvalue weighted by atomic mass is 10.1. The maximum absolute atomic E-state index is 12.6. The topological polar surface area (TPSA) is 91.5 Å². The summed E-state index contributed by atoms with van der Waals surface area (Å²) in [6.07, 6.45) is 1.32. The van der Waals surface area contributed by atoms with Gasteiger partial charge >= 0.3 is 12.1 Å². The molecule has 0 N–H and O–H groups in total. The van der Waals surface area contributed by atoms with Gasteiger partial charge < -0.3 is 14.5 Å². The number of rotatable bonds is 1. The molecule has 1 saturated heterocycles. The zero-order valence-corrected chi connectivity index (χ0v) is 14.5. The summed E-state index contributed by atoms with van der Waals surface area (Å²) in [5.41, 5.74) is 0.161. The second-order valence-electron chi connectivity index (χ2n) is 6.82. The zero-order valence-electron chi connectivity index (χ0n) is 14.5. The lowest BCUT2D eigenvalue weighted by Gasteiger charge is -2.40. The number of carbonyl (C=O) groups is 2. The number of amides is 2. The largest absolute Gasteiger partial charge is 0.444 e. The van der Waals surface area contributed by atoms with Gasteiger partial charge in [-0.2, -0.15) is 15.0 Å². The highest BCUT2D eigenvalue weighted by atomic mass is 16.6. The van der Waals surface area contributed by atoms with Crippen LogP contribution in [-0.2, 0) is 4.74 Å². The van der Waals surface area contributed by atoms with E-state index in [1.165, 1.54) is 4.68 Å². The van der Waals surface area contributed by atoms with E-state index < -0.39 is 11.7 Å². The summed E-state index contributed by atoms with van der Waals surface area (Å²) < 4.78 is 6.64. The van der Waals surface area contributed by atoms with Crippen molar-refractivity contribution in [2.45, 2.75) is 45.8 Å². The van der Waals surface area contributed by atoms with Crippen LogP contribution in [0.4, 0.5) is 9.59 Å². The van der Waals surface area contributed by atoms with Gasteiger partial charge in [-0.1, -0.05) is 0 Å². The smallest absolute Gasteiger partial charge is 0.410 e. The third kappa shape index (κ3) is 4.25. The van der Waals surface area contributed by atoms with Gasteiger partial charge in [0.2, 0.25) is 0 Å². The van der Waals surface area contributed by atoms with Crippen molar-refractivity contribution in [1.29, 1.82) is 5.26 Å². The maximum Gasteiger partial charge on any atom is 0.410 e. The molecule has 24 heavy (non-hydrogen) atoms. The van der Waals surface area contributed by atoms with E-state index in [0.717, 1.165) is 5.69 Å². The highest BCUT2D eigenvalue weighted by Crippen LogP contribution is 2.17. The third-order valence-corrected chi connectivity index (χ3v) is 3.63. The molecule has 2 amide bonds. The van der Waals surface area contributed by atoms with E-state index >= 15 is 0 Å². The predicted octanol–water partition coefficient (Wildman–Crippen LogP) is 1.99. The molecule has 1 fully saturated rings. The first-order valence-corrected chi connectivity index (χ1v) is 7.89. The Morgan fingerprint density at radius 2 is 2.12 bits per heavy atom. The first-order valence-electron chi connectivity index (χ1n) is 7.89. The standard InChI is InChI=1S/C16H23N5O3/c1-12-6-8-21(18-12)14(22)20-10-9-19(11-13(20)5-7-17)15(23)24-16(2,3)4/h6,8,13H,5,9-11H2,1-4H3. The SMILES string of the molecule is Cc1ccn(C(=O)N2CCN(C(=O)OC(C)(C)C)CC2CC#N)n1. The molecular formula is C16H23N5O3. The van der Waals surface area contributed by atoms with Gasteiger partial charge in [-0.15, -0.1) is 0 Å². The molecule has 0 spiro atoms. The van der Waals surface area contributed by atoms with E-state index in [4.69, 9.17) is 10.00 Å². The average Bonchev–Trinajstić information content (AvgIpc) is 2.91. The Kier molecular flexibility index (Phi) is 5.12. The summed E-state index contributed by atoms with van der Waals surface area (Å²) in [6.45, 7) is 8.18. The molecule has 1 aromatic rings. The van der Waals surface area contributed by atoms with Crippen LogP contribution < -0.4 is 0 Å². The summed E-state index contributed by atoms with van der Waals surface area (Å²) >= 11 is 0. The molecule has 0 bridgehead atoms. The first kappa shape index (κ1) is 17.8. The van der Waals surface area contributed by atoms with Crippen LogP contribution in [0.2, 0.25) is 0 Å². The van der Waals surface area contributed by atoms with Crippen molar-refractivity contribution >= 4 is 12.1 Å². The molecule has 0 radical (unpaired) electrons. The van der Waals surface area contributed by atoms with E-state index in [9.17, 15) is 9.59 Å². The van der Waals surface area contributed by atoms with Crippen LogP contribution in [-0.4, -0.2) is 63.0 Å². The molecule has 130 valence electrons. The number of aromatic nitrogens is 2. The van der Waals surface area contributed by atoms with Crippen LogP contribution in [0.15, 0.2) is 12.3 Å². The summed E-state index contributed by atoms with van der Waals surface area (Å²) in [4.78, 5) is 27.9. The van der Waals surface area contributed by atoms with Crippen molar-refractivity contribution in [3.63, 3.8) is 0 Å². The van der Waals surface area contributed by atoms with Crippen LogP contribution in [0.5, 0.6) is 0 Å². The number of aryl methyl sites for hydroxylation is 1. The number of hydrogen-bond acceptors (Lipinski definition) is 5. The molecule has 1 atom stereocenters. The number of ether oxygens (including phenoxy) is 1. The first-order chi connectivity index (χ1) is 11.2. The highest BCUT2D eigenvalue weighted by molar-refractivity contribution is 5.77. The van der Waals surface area contributed by atoms with Crippen molar-refractivity contribution in [1.82, 2.24) is 19.6 Å². The Morgan fingerprint density at radius 1 is 1.42 bits per heavy atom. The Bertz CT molecular complexity index is 655. The number of carbonyl (C=O) groups excluding carboxylic acids is 2. The van der Waals surface area contributed by atoms with Gasteiger partial charge in [-0.3, -0.25) is 0 Å². The second-order valence-corrected chi connectivity index (χ2v) is 6.82. The summed E-state index contributed by atoms with van der Waals surface area (Å²) in [5, 5.41) is 13.2. The predicted molar refractivity (Wildman–Crippen MR) is 86.3 cm³/mol. The van der Waals surface area contributed by atoms with Gasteiger partial charge in [0, 0.05) is 25.8 Å². The minimum atomic E-state index is -0.582. The van der Waals surface area contributed by atoms with Crippen molar-refractivity contribution in [3.8, 4) is 6.07 Å². The van der Waals surface area contributed by atoms with Crippen molar-refractivity contribution < 1.29 is 14.3 Å². The number of nitriles is 1. The lowest BCUT2D eigenvalue weighted by Crippen LogP contribution is -2.57. The van der Waals surface area contributed by atoms with E-state index in [-0.39, 0.29) is 25.0 Å². The van der Waals surface area contributed by atoms with Gasteiger partial charge in [0.25, 0.3) is 0 Å². The van der Waals surface area contributed by atoms with Crippen molar-refractivity contribution in [2.75, 3.05) is 19.6 Å². The second kappa shape index (κ2) is 6.91. The minimum absolute atomic E-state index is 0.144. The van der Waals surface area contributed by atoms with E-state index in [1.807, 2.05) is 0 Å². The van der Waals surface area contributed by atoms with Crippen molar-refractivity contribution in [3.05, 3.63) is 18.0 Å². The molecule has 8 heteroatoms. The van der Waals surface area contributed by atoms with Crippen LogP contribution in [0.1, 0.15) is 32.9 Å². The monoisotopic (exact) mass is 333 g/mol. The van der Waals surface area contributed by atoms with E-state index in [1.54, 1.807) is 49.8 Å². The molecule has 1 aliphatic heterocycles. The molecule has 0 aromatic carbocycles. The van der Waals surface area contributed by atoms with Crippen LogP contribution in [0.3, 0.4) is 0 Å². The fourth-order valence-electron chi connectivity index (χ4n) is 2.53. The summed E-state index contributed by atoms with van der Waals surface area (Å²) in [6, 6.07) is 3.16. The summed E-state index contributed by atoms with van der Waals surface area (Å²) in [5.74, 6) is 0. The number of nitrogens with zero attached hydrogens (tertiary/aromatic N) is 5. The van der Waals surface area contributed by atoms with Crippen molar-refractivity contribution in [2.24, 2.45) is 0 Å². The maximum atomic E-state index is 12.6. The molecular weight excluding hydrogens is 310 g/mol. The Balaban J connectivity index is 2.09. The Hall–Kier alpha value is -2.56. The fourth-order valence-corrected chi connectivity index (χ4v) is 2.53. The molecule has 1 aromatic heterocycles.